The smallest absolute Gasteiger partial charge is 0.243 e. The Hall–Kier alpha value is -0.690. The maximum absolute atomic E-state index is 13.7. The van der Waals surface area contributed by atoms with Gasteiger partial charge in [-0.3, -0.25) is 0 Å². The monoisotopic (exact) mass is 321 g/mol. The van der Waals surface area contributed by atoms with Crippen LogP contribution in [-0.2, 0) is 10.0 Å². The molecule has 1 aromatic rings. The molecule has 1 aliphatic rings. The average Bonchev–Trinajstić information content (AvgIpc) is 2.85. The van der Waals surface area contributed by atoms with E-state index in [-0.39, 0.29) is 18.2 Å². The molecule has 0 bridgehead atoms. The Morgan fingerprint density at radius 3 is 2.55 bits per heavy atom. The largest absolute Gasteiger partial charge is 0.396 e. The summed E-state index contributed by atoms with van der Waals surface area (Å²) in [5.41, 5.74) is -0.421. The van der Waals surface area contributed by atoms with E-state index < -0.39 is 26.2 Å². The van der Waals surface area contributed by atoms with E-state index in [1.165, 1.54) is 6.07 Å². The third-order valence-electron chi connectivity index (χ3n) is 3.82. The van der Waals surface area contributed by atoms with Gasteiger partial charge in [0, 0.05) is 23.6 Å². The molecular formula is C13H17ClFNO3S. The fourth-order valence-electron chi connectivity index (χ4n) is 2.53. The summed E-state index contributed by atoms with van der Waals surface area (Å²) < 4.78 is 40.3. The fourth-order valence-corrected chi connectivity index (χ4v) is 3.91. The standard InChI is InChI=1S/C13H17ClFNO3S/c14-10-3-4-12(11(15)7-10)20(18,19)16-8-13(9-17)5-1-2-6-13/h3-4,7,16-17H,1-2,5-6,8-9H2. The van der Waals surface area contributed by atoms with Gasteiger partial charge < -0.3 is 5.11 Å². The van der Waals surface area contributed by atoms with Crippen molar-refractivity contribution >= 4 is 21.6 Å². The normalized spacial score (nSPS) is 18.4. The zero-order valence-corrected chi connectivity index (χ0v) is 12.5. The molecule has 4 nitrogen and oxygen atoms in total. The molecule has 1 saturated carbocycles. The number of sulfonamides is 1. The molecule has 2 rings (SSSR count). The van der Waals surface area contributed by atoms with Crippen molar-refractivity contribution in [2.75, 3.05) is 13.2 Å². The Bertz CT molecular complexity index is 585. The Morgan fingerprint density at radius 2 is 2.00 bits per heavy atom. The van der Waals surface area contributed by atoms with Crippen molar-refractivity contribution in [3.63, 3.8) is 0 Å². The third-order valence-corrected chi connectivity index (χ3v) is 5.49. The van der Waals surface area contributed by atoms with Gasteiger partial charge in [0.2, 0.25) is 10.0 Å². The molecule has 0 radical (unpaired) electrons. The zero-order valence-electron chi connectivity index (χ0n) is 10.9. The number of hydrogen-bond acceptors (Lipinski definition) is 3. The van der Waals surface area contributed by atoms with Crippen molar-refractivity contribution < 1.29 is 17.9 Å². The topological polar surface area (TPSA) is 66.4 Å². The quantitative estimate of drug-likeness (QED) is 0.874. The first-order chi connectivity index (χ1) is 9.38. The minimum absolute atomic E-state index is 0.0708. The number of aliphatic hydroxyl groups excluding tert-OH is 1. The number of nitrogens with one attached hydrogen (secondary N) is 1. The van der Waals surface area contributed by atoms with Crippen LogP contribution in [0.15, 0.2) is 23.1 Å². The maximum Gasteiger partial charge on any atom is 0.243 e. The summed E-state index contributed by atoms with van der Waals surface area (Å²) in [7, 11) is -3.94. The van der Waals surface area contributed by atoms with E-state index in [1.807, 2.05) is 0 Å². The minimum atomic E-state index is -3.94. The van der Waals surface area contributed by atoms with Gasteiger partial charge in [0.15, 0.2) is 0 Å². The number of aliphatic hydroxyl groups is 1. The van der Waals surface area contributed by atoms with Gasteiger partial charge >= 0.3 is 0 Å². The zero-order chi connectivity index (χ0) is 14.8. The molecule has 20 heavy (non-hydrogen) atoms. The van der Waals surface area contributed by atoms with Gasteiger partial charge in [0.1, 0.15) is 10.7 Å². The van der Waals surface area contributed by atoms with Crippen LogP contribution < -0.4 is 4.72 Å². The van der Waals surface area contributed by atoms with Crippen LogP contribution in [0, 0.1) is 11.2 Å². The molecule has 0 heterocycles. The van der Waals surface area contributed by atoms with Gasteiger partial charge in [-0.1, -0.05) is 24.4 Å². The van der Waals surface area contributed by atoms with Crippen LogP contribution in [0.3, 0.4) is 0 Å². The predicted molar refractivity (Wildman–Crippen MR) is 74.6 cm³/mol. The summed E-state index contributed by atoms with van der Waals surface area (Å²) in [6.45, 7) is 0.0481. The van der Waals surface area contributed by atoms with Crippen molar-refractivity contribution in [2.45, 2.75) is 30.6 Å². The highest BCUT2D eigenvalue weighted by Crippen LogP contribution is 2.37. The van der Waals surface area contributed by atoms with Crippen molar-refractivity contribution in [1.82, 2.24) is 4.72 Å². The molecule has 0 aliphatic heterocycles. The van der Waals surface area contributed by atoms with Crippen LogP contribution in [0.25, 0.3) is 0 Å². The van der Waals surface area contributed by atoms with E-state index in [2.05, 4.69) is 4.72 Å². The van der Waals surface area contributed by atoms with Gasteiger partial charge in [0.05, 0.1) is 0 Å². The summed E-state index contributed by atoms with van der Waals surface area (Å²) in [4.78, 5) is -0.423. The lowest BCUT2D eigenvalue weighted by Crippen LogP contribution is -2.38. The molecule has 0 saturated heterocycles. The Kier molecular flexibility index (Phi) is 4.69. The van der Waals surface area contributed by atoms with E-state index in [0.717, 1.165) is 37.8 Å². The minimum Gasteiger partial charge on any atom is -0.396 e. The Labute approximate surface area is 123 Å². The summed E-state index contributed by atoms with van der Waals surface area (Å²) in [6.07, 6.45) is 3.49. The van der Waals surface area contributed by atoms with Crippen LogP contribution in [0.4, 0.5) is 4.39 Å². The van der Waals surface area contributed by atoms with Gasteiger partial charge in [-0.15, -0.1) is 0 Å². The van der Waals surface area contributed by atoms with Gasteiger partial charge in [0.25, 0.3) is 0 Å². The first kappa shape index (κ1) is 15.7. The molecule has 0 atom stereocenters. The van der Waals surface area contributed by atoms with E-state index >= 15 is 0 Å². The van der Waals surface area contributed by atoms with Crippen LogP contribution >= 0.6 is 11.6 Å². The molecule has 1 fully saturated rings. The summed E-state index contributed by atoms with van der Waals surface area (Å²) in [5, 5.41) is 9.59. The van der Waals surface area contributed by atoms with Crippen molar-refractivity contribution in [3.8, 4) is 0 Å². The summed E-state index contributed by atoms with van der Waals surface area (Å²) in [5.74, 6) is -0.880. The Balaban J connectivity index is 2.15. The van der Waals surface area contributed by atoms with Crippen molar-refractivity contribution in [3.05, 3.63) is 29.0 Å². The lowest BCUT2D eigenvalue weighted by Gasteiger charge is -2.26. The lowest BCUT2D eigenvalue weighted by molar-refractivity contribution is 0.134. The van der Waals surface area contributed by atoms with E-state index in [0.29, 0.717) is 0 Å². The lowest BCUT2D eigenvalue weighted by atomic mass is 9.88. The molecule has 0 aromatic heterocycles. The first-order valence-corrected chi connectivity index (χ1v) is 8.30. The highest BCUT2D eigenvalue weighted by atomic mass is 35.5. The molecule has 112 valence electrons. The molecular weight excluding hydrogens is 305 g/mol. The molecule has 0 spiro atoms. The van der Waals surface area contributed by atoms with Crippen LogP contribution in [0.5, 0.6) is 0 Å². The second kappa shape index (κ2) is 5.97. The second-order valence-electron chi connectivity index (χ2n) is 5.26. The third kappa shape index (κ3) is 3.31. The van der Waals surface area contributed by atoms with Gasteiger partial charge in [-0.05, 0) is 31.0 Å². The molecule has 1 aliphatic carbocycles. The van der Waals surface area contributed by atoms with Crippen LogP contribution in [0.2, 0.25) is 5.02 Å². The van der Waals surface area contributed by atoms with Gasteiger partial charge in [-0.2, -0.15) is 0 Å². The van der Waals surface area contributed by atoms with E-state index in [4.69, 9.17) is 11.6 Å². The average molecular weight is 322 g/mol. The summed E-state index contributed by atoms with van der Waals surface area (Å²) >= 11 is 5.60. The molecule has 0 amide bonds. The highest BCUT2D eigenvalue weighted by molar-refractivity contribution is 7.89. The Morgan fingerprint density at radius 1 is 1.35 bits per heavy atom. The van der Waals surface area contributed by atoms with Gasteiger partial charge in [-0.25, -0.2) is 17.5 Å². The number of halogens is 2. The number of hydrogen-bond donors (Lipinski definition) is 2. The molecule has 1 aromatic carbocycles. The highest BCUT2D eigenvalue weighted by Gasteiger charge is 2.34. The SMILES string of the molecule is O=S(=O)(NCC1(CO)CCCC1)c1ccc(Cl)cc1F. The summed E-state index contributed by atoms with van der Waals surface area (Å²) in [6, 6.07) is 3.43. The molecule has 7 heteroatoms. The second-order valence-corrected chi connectivity index (χ2v) is 7.44. The number of benzene rings is 1. The van der Waals surface area contributed by atoms with Crippen molar-refractivity contribution in [2.24, 2.45) is 5.41 Å². The van der Waals surface area contributed by atoms with Crippen molar-refractivity contribution in [1.29, 1.82) is 0 Å². The van der Waals surface area contributed by atoms with E-state index in [1.54, 1.807) is 0 Å². The van der Waals surface area contributed by atoms with E-state index in [9.17, 15) is 17.9 Å². The van der Waals surface area contributed by atoms with Crippen LogP contribution in [-0.4, -0.2) is 26.7 Å². The number of rotatable bonds is 5. The molecule has 2 N–H and O–H groups in total. The fraction of sp³-hybridized carbons (Fsp3) is 0.538. The van der Waals surface area contributed by atoms with Crippen LogP contribution in [0.1, 0.15) is 25.7 Å². The molecule has 0 unspecified atom stereocenters. The first-order valence-electron chi connectivity index (χ1n) is 6.44. The maximum atomic E-state index is 13.7. The predicted octanol–water partition coefficient (Wildman–Crippen LogP) is 2.31.